The van der Waals surface area contributed by atoms with Gasteiger partial charge in [-0.3, -0.25) is 19.2 Å². The molecule has 0 aromatic heterocycles. The number of ether oxygens (including phenoxy) is 4. The topological polar surface area (TPSA) is 105 Å². The van der Waals surface area contributed by atoms with E-state index < -0.39 is 5.41 Å². The maximum Gasteiger partial charge on any atom is 0.308 e. The van der Waals surface area contributed by atoms with Crippen LogP contribution in [-0.4, -0.2) is 50.3 Å². The lowest BCUT2D eigenvalue weighted by Gasteiger charge is -2.33. The fourth-order valence-corrected chi connectivity index (χ4v) is 16.2. The molecule has 0 atom stereocenters. The zero-order chi connectivity index (χ0) is 72.2. The van der Waals surface area contributed by atoms with E-state index in [1.165, 1.54) is 385 Å². The van der Waals surface area contributed by atoms with Crippen LogP contribution in [0.1, 0.15) is 528 Å². The quantitative estimate of drug-likeness (QED) is 0.0337. The number of hydrogen-bond acceptors (Lipinski definition) is 8. The molecular formula is C93H176O8. The molecule has 2 fully saturated rings. The van der Waals surface area contributed by atoms with E-state index in [2.05, 4.69) is 13.8 Å². The van der Waals surface area contributed by atoms with E-state index >= 15 is 0 Å². The highest BCUT2D eigenvalue weighted by Gasteiger charge is 2.39. The van der Waals surface area contributed by atoms with E-state index in [9.17, 15) is 19.2 Å². The summed E-state index contributed by atoms with van der Waals surface area (Å²) in [6.45, 7) is 4.02. The van der Waals surface area contributed by atoms with Gasteiger partial charge in [0.25, 0.3) is 0 Å². The maximum absolute atomic E-state index is 14.7. The first-order chi connectivity index (χ1) is 49.9. The normalized spacial score (nSPS) is 17.4. The molecule has 2 aliphatic carbocycles. The minimum absolute atomic E-state index is 0.140. The number of rotatable bonds is 50. The summed E-state index contributed by atoms with van der Waals surface area (Å²) in [5.74, 6) is -1.49. The lowest BCUT2D eigenvalue weighted by atomic mass is 9.90. The molecule has 0 aliphatic heterocycles. The lowest BCUT2D eigenvalue weighted by Crippen LogP contribution is -2.44. The van der Waals surface area contributed by atoms with Crippen LogP contribution >= 0.6 is 0 Å². The number of hydrogen-bond donors (Lipinski definition) is 0. The average molecular weight is 1420 g/mol. The summed E-state index contributed by atoms with van der Waals surface area (Å²) in [4.78, 5) is 57.4. The smallest absolute Gasteiger partial charge is 0.308 e. The van der Waals surface area contributed by atoms with E-state index in [1.54, 1.807) is 0 Å². The molecule has 2 rings (SSSR count). The van der Waals surface area contributed by atoms with Gasteiger partial charge in [0.2, 0.25) is 0 Å². The van der Waals surface area contributed by atoms with Gasteiger partial charge in [-0.1, -0.05) is 476 Å². The molecule has 0 saturated heterocycles. The summed E-state index contributed by atoms with van der Waals surface area (Å²) in [5.41, 5.74) is -1.24. The van der Waals surface area contributed by atoms with E-state index in [-0.39, 0.29) is 62.1 Å². The predicted octanol–water partition coefficient (Wildman–Crippen LogP) is 30.7. The van der Waals surface area contributed by atoms with Gasteiger partial charge in [-0.05, 0) is 38.5 Å². The van der Waals surface area contributed by atoms with Gasteiger partial charge in [0.1, 0.15) is 31.8 Å². The zero-order valence-corrected chi connectivity index (χ0v) is 68.3. The third-order valence-electron chi connectivity index (χ3n) is 23.5. The number of esters is 4. The first-order valence-electron chi connectivity index (χ1n) is 46.5. The van der Waals surface area contributed by atoms with Crippen molar-refractivity contribution in [3.05, 3.63) is 0 Å². The molecule has 0 aromatic carbocycles. The van der Waals surface area contributed by atoms with Crippen LogP contribution in [0.15, 0.2) is 0 Å². The molecule has 8 heteroatoms. The van der Waals surface area contributed by atoms with Crippen LogP contribution < -0.4 is 0 Å². The Morgan fingerprint density at radius 1 is 0.208 bits per heavy atom. The molecule has 0 bridgehead atoms. The molecule has 0 unspecified atom stereocenters. The molecule has 2 aliphatic rings. The monoisotopic (exact) mass is 1420 g/mol. The van der Waals surface area contributed by atoms with Gasteiger partial charge >= 0.3 is 23.9 Å². The molecule has 101 heavy (non-hydrogen) atoms. The van der Waals surface area contributed by atoms with E-state index in [0.717, 1.165) is 116 Å². The van der Waals surface area contributed by atoms with Crippen molar-refractivity contribution in [2.45, 2.75) is 528 Å². The predicted molar refractivity (Wildman–Crippen MR) is 434 cm³/mol. The molecule has 0 amide bonds. The number of unbranched alkanes of at least 4 members (excludes halogenated alkanes) is 36. The van der Waals surface area contributed by atoms with Crippen LogP contribution in [0.3, 0.4) is 0 Å². The first-order valence-corrected chi connectivity index (χ1v) is 46.5. The average Bonchev–Trinajstić information content (AvgIpc) is 0.860. The van der Waals surface area contributed by atoms with Crippen molar-refractivity contribution in [3.8, 4) is 0 Å². The Bertz CT molecular complexity index is 1580. The number of carbonyl (C=O) groups is 4. The van der Waals surface area contributed by atoms with Crippen molar-refractivity contribution < 1.29 is 38.1 Å². The fourth-order valence-electron chi connectivity index (χ4n) is 16.2. The minimum atomic E-state index is -1.24. The van der Waals surface area contributed by atoms with Crippen LogP contribution in [0.5, 0.6) is 0 Å². The molecule has 596 valence electrons. The maximum atomic E-state index is 14.7. The van der Waals surface area contributed by atoms with Gasteiger partial charge in [0.15, 0.2) is 0 Å². The Hall–Kier alpha value is -2.12. The van der Waals surface area contributed by atoms with Gasteiger partial charge in [0.05, 0.1) is 11.8 Å². The summed E-state index contributed by atoms with van der Waals surface area (Å²) in [6.07, 6.45) is 98.3. The largest absolute Gasteiger partial charge is 0.465 e. The van der Waals surface area contributed by atoms with Crippen molar-refractivity contribution in [1.82, 2.24) is 0 Å². The third-order valence-corrected chi connectivity index (χ3v) is 23.5. The zero-order valence-electron chi connectivity index (χ0n) is 68.3. The van der Waals surface area contributed by atoms with E-state index in [1.807, 2.05) is 0 Å². The summed E-state index contributed by atoms with van der Waals surface area (Å²) < 4.78 is 25.6. The standard InChI is InChI=1S/C93H176O8/c1-3-5-7-9-11-13-15-17-19-21-23-33-39-45-51-57-63-69-75-81-89(94)98-83-93(84-99-90(95)82-76-70-64-58-52-46-40-34-24-22-20-18-16-14-12-10-8-6-4-2,85-100-91(96)87-77-71-65-59-53-47-41-35-29-25-26-30-36-42-48-54-60-66-72-78-87)86-101-92(97)88-79-73-67-61-55-49-43-37-31-27-28-32-38-44-50-56-62-68-74-80-88/h87-88H,3-86H2,1-2H3. The Morgan fingerprint density at radius 2 is 0.356 bits per heavy atom. The molecule has 8 nitrogen and oxygen atoms in total. The first kappa shape index (κ1) is 95.0. The van der Waals surface area contributed by atoms with Crippen LogP contribution in [0.4, 0.5) is 0 Å². The highest BCUT2D eigenvalue weighted by molar-refractivity contribution is 5.73. The molecule has 0 spiro atoms. The second-order valence-corrected chi connectivity index (χ2v) is 33.5. The van der Waals surface area contributed by atoms with Crippen molar-refractivity contribution in [2.24, 2.45) is 17.3 Å². The summed E-state index contributed by atoms with van der Waals surface area (Å²) >= 11 is 0. The molecule has 0 heterocycles. The van der Waals surface area contributed by atoms with Crippen LogP contribution in [0.2, 0.25) is 0 Å². The van der Waals surface area contributed by atoms with Crippen molar-refractivity contribution >= 4 is 23.9 Å². The van der Waals surface area contributed by atoms with Gasteiger partial charge in [-0.2, -0.15) is 0 Å². The number of carbonyl (C=O) groups excluding carboxylic acids is 4. The summed E-state index contributed by atoms with van der Waals surface area (Å²) in [6, 6.07) is 0. The van der Waals surface area contributed by atoms with Gasteiger partial charge in [0, 0.05) is 12.8 Å². The highest BCUT2D eigenvalue weighted by Crippen LogP contribution is 2.30. The van der Waals surface area contributed by atoms with Gasteiger partial charge in [-0.25, -0.2) is 0 Å². The molecule has 0 radical (unpaired) electrons. The lowest BCUT2D eigenvalue weighted by molar-refractivity contribution is -0.174. The van der Waals surface area contributed by atoms with Crippen LogP contribution in [-0.2, 0) is 38.1 Å². The fraction of sp³-hybridized carbons (Fsp3) is 0.957. The molecule has 0 aromatic rings. The Kier molecular flexibility index (Phi) is 71.5. The second kappa shape index (κ2) is 76.1. The van der Waals surface area contributed by atoms with E-state index in [4.69, 9.17) is 18.9 Å². The summed E-state index contributed by atoms with van der Waals surface area (Å²) in [5, 5.41) is 0. The SMILES string of the molecule is CCCCCCCCCCCCCCCCCCCCCC(=O)OCC(COC(=O)CCCCCCCCCCCCCCCCCCCCC)(COC(=O)C1CCCCCCCCCCCCCCCCCCCC1)COC(=O)C1CCCCCCCCCCCCCCCCCCCC1. The van der Waals surface area contributed by atoms with Gasteiger partial charge < -0.3 is 18.9 Å². The Morgan fingerprint density at radius 3 is 0.535 bits per heavy atom. The highest BCUT2D eigenvalue weighted by atomic mass is 16.6. The van der Waals surface area contributed by atoms with Crippen molar-refractivity contribution in [2.75, 3.05) is 26.4 Å². The Balaban J connectivity index is 2.22. The van der Waals surface area contributed by atoms with Crippen LogP contribution in [0.25, 0.3) is 0 Å². The summed E-state index contributed by atoms with van der Waals surface area (Å²) in [7, 11) is 0. The minimum Gasteiger partial charge on any atom is -0.465 e. The Labute approximate surface area is 629 Å². The van der Waals surface area contributed by atoms with Crippen molar-refractivity contribution in [3.63, 3.8) is 0 Å². The van der Waals surface area contributed by atoms with E-state index in [0.29, 0.717) is 12.8 Å². The van der Waals surface area contributed by atoms with Gasteiger partial charge in [-0.15, -0.1) is 0 Å². The van der Waals surface area contributed by atoms with Crippen molar-refractivity contribution in [1.29, 1.82) is 0 Å². The second-order valence-electron chi connectivity index (χ2n) is 33.5. The van der Waals surface area contributed by atoms with Crippen LogP contribution in [0, 0.1) is 17.3 Å². The third kappa shape index (κ3) is 64.8. The molecule has 0 N–H and O–H groups in total. The molecule has 2 saturated carbocycles. The molecular weight excluding hydrogens is 1250 g/mol.